The van der Waals surface area contributed by atoms with E-state index in [2.05, 4.69) is 36.1 Å². The van der Waals surface area contributed by atoms with Crippen molar-refractivity contribution < 1.29 is 22.5 Å². The molecule has 1 aliphatic carbocycles. The predicted octanol–water partition coefficient (Wildman–Crippen LogP) is 5.47. The van der Waals surface area contributed by atoms with Crippen LogP contribution in [0.3, 0.4) is 0 Å². The van der Waals surface area contributed by atoms with E-state index < -0.39 is 11.7 Å². The van der Waals surface area contributed by atoms with Crippen LogP contribution in [-0.4, -0.2) is 42.0 Å². The molecule has 1 aromatic carbocycles. The fourth-order valence-electron chi connectivity index (χ4n) is 2.88. The van der Waals surface area contributed by atoms with Crippen LogP contribution in [0.25, 0.3) is 0 Å². The molecule has 32 heavy (non-hydrogen) atoms. The number of carbonyl (C=O) groups is 1. The molecule has 1 atom stereocenters. The smallest absolute Gasteiger partial charge is 0.229 e. The van der Waals surface area contributed by atoms with Gasteiger partial charge in [-0.25, -0.2) is 13.2 Å². The van der Waals surface area contributed by atoms with E-state index in [9.17, 15) is 18.0 Å². The van der Waals surface area contributed by atoms with Crippen molar-refractivity contribution in [1.82, 2.24) is 15.0 Å². The molecule has 0 saturated heterocycles. The summed E-state index contributed by atoms with van der Waals surface area (Å²) in [6, 6.07) is 6.37. The molecule has 0 N–H and O–H groups in total. The SMILES string of the molecule is C[C@H](CCCN(C)C)c1nc(Cc2ccc(F)cc2)no1.O=CC1=CC=C(F)C(F)=CC1. The zero-order chi connectivity index (χ0) is 23.5. The second-order valence-corrected chi connectivity index (χ2v) is 7.83. The Morgan fingerprint density at radius 2 is 1.84 bits per heavy atom. The summed E-state index contributed by atoms with van der Waals surface area (Å²) in [5.41, 5.74) is 1.34. The number of nitrogens with zero attached hydrogens (tertiary/aromatic N) is 3. The van der Waals surface area contributed by atoms with Crippen molar-refractivity contribution in [2.75, 3.05) is 20.6 Å². The average molecular weight is 448 g/mol. The lowest BCUT2D eigenvalue weighted by atomic mass is 10.1. The van der Waals surface area contributed by atoms with Crippen molar-refractivity contribution in [2.45, 2.75) is 38.5 Å². The summed E-state index contributed by atoms with van der Waals surface area (Å²) in [6.07, 6.45) is 6.68. The highest BCUT2D eigenvalue weighted by molar-refractivity contribution is 5.74. The summed E-state index contributed by atoms with van der Waals surface area (Å²) < 4.78 is 43.0. The number of carbonyl (C=O) groups excluding carboxylic acids is 1. The van der Waals surface area contributed by atoms with Crippen LogP contribution in [0.2, 0.25) is 0 Å². The van der Waals surface area contributed by atoms with Gasteiger partial charge in [0.05, 0.1) is 0 Å². The third-order valence-electron chi connectivity index (χ3n) is 4.76. The Kier molecular flexibility index (Phi) is 10.1. The molecule has 0 radical (unpaired) electrons. The van der Waals surface area contributed by atoms with Crippen molar-refractivity contribution in [3.8, 4) is 0 Å². The minimum absolute atomic E-state index is 0.152. The highest BCUT2D eigenvalue weighted by atomic mass is 19.2. The lowest BCUT2D eigenvalue weighted by Gasteiger charge is -2.10. The van der Waals surface area contributed by atoms with Gasteiger partial charge in [-0.15, -0.1) is 0 Å². The van der Waals surface area contributed by atoms with Crippen LogP contribution in [0.4, 0.5) is 13.2 Å². The minimum Gasteiger partial charge on any atom is -0.339 e. The van der Waals surface area contributed by atoms with Crippen molar-refractivity contribution in [2.24, 2.45) is 0 Å². The lowest BCUT2D eigenvalue weighted by molar-refractivity contribution is -0.105. The molecular weight excluding hydrogens is 419 g/mol. The van der Waals surface area contributed by atoms with E-state index >= 15 is 0 Å². The summed E-state index contributed by atoms with van der Waals surface area (Å²) >= 11 is 0. The molecule has 1 heterocycles. The average Bonchev–Trinajstić information content (AvgIpc) is 3.17. The van der Waals surface area contributed by atoms with E-state index in [4.69, 9.17) is 4.52 Å². The topological polar surface area (TPSA) is 59.2 Å². The number of benzene rings is 1. The molecule has 0 bridgehead atoms. The first-order valence-electron chi connectivity index (χ1n) is 10.4. The summed E-state index contributed by atoms with van der Waals surface area (Å²) in [4.78, 5) is 16.8. The molecule has 8 heteroatoms. The van der Waals surface area contributed by atoms with E-state index in [0.717, 1.165) is 37.1 Å². The first-order valence-corrected chi connectivity index (χ1v) is 10.4. The van der Waals surface area contributed by atoms with Crippen LogP contribution in [0.15, 0.2) is 64.2 Å². The normalized spacial score (nSPS) is 14.5. The summed E-state index contributed by atoms with van der Waals surface area (Å²) in [5.74, 6) is -0.469. The molecular formula is C24H28F3N3O2. The van der Waals surface area contributed by atoms with Gasteiger partial charge in [0.25, 0.3) is 0 Å². The van der Waals surface area contributed by atoms with Gasteiger partial charge in [0.15, 0.2) is 17.5 Å². The molecule has 0 fully saturated rings. The quantitative estimate of drug-likeness (QED) is 0.503. The van der Waals surface area contributed by atoms with Crippen LogP contribution in [0, 0.1) is 5.82 Å². The molecule has 0 unspecified atom stereocenters. The van der Waals surface area contributed by atoms with Crippen molar-refractivity contribution in [3.05, 3.63) is 82.8 Å². The number of allylic oxidation sites excluding steroid dienone is 6. The van der Waals surface area contributed by atoms with E-state index in [1.807, 2.05) is 0 Å². The Morgan fingerprint density at radius 3 is 2.50 bits per heavy atom. The Balaban J connectivity index is 0.000000278. The highest BCUT2D eigenvalue weighted by Gasteiger charge is 2.14. The van der Waals surface area contributed by atoms with Crippen molar-refractivity contribution in [1.29, 1.82) is 0 Å². The zero-order valence-corrected chi connectivity index (χ0v) is 18.5. The maximum Gasteiger partial charge on any atom is 0.229 e. The number of hydrogen-bond donors (Lipinski definition) is 0. The van der Waals surface area contributed by atoms with E-state index in [1.165, 1.54) is 18.2 Å². The van der Waals surface area contributed by atoms with Gasteiger partial charge >= 0.3 is 0 Å². The van der Waals surface area contributed by atoms with Gasteiger partial charge in [0.1, 0.15) is 12.1 Å². The molecule has 3 rings (SSSR count). The Bertz CT molecular complexity index is 963. The van der Waals surface area contributed by atoms with E-state index in [1.54, 1.807) is 12.1 Å². The second-order valence-electron chi connectivity index (χ2n) is 7.83. The summed E-state index contributed by atoms with van der Waals surface area (Å²) in [6.45, 7) is 3.16. The molecule has 0 aliphatic heterocycles. The molecule has 172 valence electrons. The molecule has 0 saturated carbocycles. The first kappa shape index (κ1) is 25.3. The molecule has 2 aromatic rings. The number of aldehydes is 1. The van der Waals surface area contributed by atoms with Crippen LogP contribution >= 0.6 is 0 Å². The number of aromatic nitrogens is 2. The molecule has 0 spiro atoms. The maximum absolute atomic E-state index is 12.9. The number of hydrogen-bond acceptors (Lipinski definition) is 5. The monoisotopic (exact) mass is 447 g/mol. The van der Waals surface area contributed by atoms with E-state index in [-0.39, 0.29) is 18.2 Å². The van der Waals surface area contributed by atoms with Gasteiger partial charge < -0.3 is 9.42 Å². The van der Waals surface area contributed by atoms with Crippen LogP contribution in [-0.2, 0) is 11.2 Å². The fraction of sp³-hybridized carbons (Fsp3) is 0.375. The van der Waals surface area contributed by atoms with Gasteiger partial charge in [-0.2, -0.15) is 4.98 Å². The van der Waals surface area contributed by atoms with Gasteiger partial charge in [-0.05, 0) is 75.3 Å². The molecule has 1 aromatic heterocycles. The fourth-order valence-corrected chi connectivity index (χ4v) is 2.88. The Hall–Kier alpha value is -3.00. The van der Waals surface area contributed by atoms with Crippen molar-refractivity contribution in [3.63, 3.8) is 0 Å². The van der Waals surface area contributed by atoms with E-state index in [0.29, 0.717) is 30.0 Å². The Labute approximate surface area is 186 Å². The lowest BCUT2D eigenvalue weighted by Crippen LogP contribution is -2.13. The van der Waals surface area contributed by atoms with Gasteiger partial charge in [-0.3, -0.25) is 4.79 Å². The maximum atomic E-state index is 12.9. The summed E-state index contributed by atoms with van der Waals surface area (Å²) in [5, 5.41) is 4.01. The van der Waals surface area contributed by atoms with Crippen LogP contribution < -0.4 is 0 Å². The largest absolute Gasteiger partial charge is 0.339 e. The molecule has 0 amide bonds. The highest BCUT2D eigenvalue weighted by Crippen LogP contribution is 2.20. The molecule has 1 aliphatic rings. The molecule has 5 nitrogen and oxygen atoms in total. The zero-order valence-electron chi connectivity index (χ0n) is 18.5. The summed E-state index contributed by atoms with van der Waals surface area (Å²) in [7, 11) is 4.14. The third kappa shape index (κ3) is 8.63. The van der Waals surface area contributed by atoms with Gasteiger partial charge in [0.2, 0.25) is 5.89 Å². The van der Waals surface area contributed by atoms with Gasteiger partial charge in [0, 0.05) is 12.3 Å². The second kappa shape index (κ2) is 12.8. The first-order chi connectivity index (χ1) is 15.3. The van der Waals surface area contributed by atoms with Crippen LogP contribution in [0.5, 0.6) is 0 Å². The predicted molar refractivity (Wildman–Crippen MR) is 117 cm³/mol. The van der Waals surface area contributed by atoms with Crippen molar-refractivity contribution >= 4 is 6.29 Å². The minimum atomic E-state index is -0.929. The third-order valence-corrected chi connectivity index (χ3v) is 4.76. The standard InChI is InChI=1S/C16H22FN3O.C8H6F2O/c1-12(5-4-10-20(2)3)16-18-15(19-21-16)11-13-6-8-14(17)9-7-13;9-7-3-1-6(5-11)2-4-8(7)10/h6-9,12H,4-5,10-11H2,1-3H3;1,3-5H,2H2/t12-;/m1./s1. The van der Waals surface area contributed by atoms with Crippen LogP contribution in [0.1, 0.15) is 49.4 Å². The number of halogens is 3. The van der Waals surface area contributed by atoms with Gasteiger partial charge in [-0.1, -0.05) is 30.3 Å². The number of rotatable bonds is 8. The Morgan fingerprint density at radius 1 is 1.12 bits per heavy atom.